The van der Waals surface area contributed by atoms with Crippen molar-refractivity contribution in [3.05, 3.63) is 80.6 Å². The molecule has 31 heavy (non-hydrogen) atoms. The second-order valence-corrected chi connectivity index (χ2v) is 9.85. The summed E-state index contributed by atoms with van der Waals surface area (Å²) in [4.78, 5) is 15.8. The Morgan fingerprint density at radius 2 is 1.94 bits per heavy atom. The van der Waals surface area contributed by atoms with Crippen molar-refractivity contribution >= 4 is 40.7 Å². The Morgan fingerprint density at radius 3 is 2.68 bits per heavy atom. The van der Waals surface area contributed by atoms with Crippen molar-refractivity contribution < 1.29 is 4.79 Å². The molecule has 2 aliphatic rings. The van der Waals surface area contributed by atoms with E-state index in [-0.39, 0.29) is 11.3 Å². The van der Waals surface area contributed by atoms with Crippen molar-refractivity contribution in [3.8, 4) is 0 Å². The molecule has 1 spiro atoms. The Hall–Kier alpha value is -2.70. The van der Waals surface area contributed by atoms with Gasteiger partial charge in [0.1, 0.15) is 0 Å². The zero-order valence-electron chi connectivity index (χ0n) is 17.1. The van der Waals surface area contributed by atoms with Crippen LogP contribution in [0.5, 0.6) is 0 Å². The van der Waals surface area contributed by atoms with Gasteiger partial charge in [-0.3, -0.25) is 4.79 Å². The minimum atomic E-state index is -0.202. The number of piperidine rings is 1. The fraction of sp³-hybridized carbons (Fsp3) is 0.292. The average molecular weight is 451 g/mol. The van der Waals surface area contributed by atoms with Crippen molar-refractivity contribution in [1.29, 1.82) is 0 Å². The molecule has 2 aromatic heterocycles. The summed E-state index contributed by atoms with van der Waals surface area (Å²) in [6.07, 6.45) is 7.49. The molecule has 158 valence electrons. The first-order valence-electron chi connectivity index (χ1n) is 10.5. The summed E-state index contributed by atoms with van der Waals surface area (Å²) in [5.74, 6) is 0.627. The highest BCUT2D eigenvalue weighted by atomic mass is 35.5. The minimum absolute atomic E-state index is 0.146. The van der Waals surface area contributed by atoms with E-state index in [0.29, 0.717) is 12.2 Å². The summed E-state index contributed by atoms with van der Waals surface area (Å²) >= 11 is 7.47. The second kappa shape index (κ2) is 8.44. The maximum atomic E-state index is 12.4. The Labute approximate surface area is 190 Å². The first-order chi connectivity index (χ1) is 15.1. The number of anilines is 1. The van der Waals surface area contributed by atoms with Gasteiger partial charge in [0.05, 0.1) is 4.34 Å². The van der Waals surface area contributed by atoms with Crippen LogP contribution in [0.2, 0.25) is 4.34 Å². The van der Waals surface area contributed by atoms with E-state index in [1.807, 2.05) is 18.2 Å². The zero-order valence-corrected chi connectivity index (χ0v) is 18.6. The number of fused-ring (bicyclic) bond motifs is 2. The lowest BCUT2D eigenvalue weighted by atomic mass is 9.74. The molecule has 1 aliphatic heterocycles. The third kappa shape index (κ3) is 4.10. The predicted octanol–water partition coefficient (Wildman–Crippen LogP) is 4.73. The van der Waals surface area contributed by atoms with Gasteiger partial charge in [-0.05, 0) is 54.7 Å². The molecule has 3 heterocycles. The molecule has 1 N–H and O–H groups in total. The molecular formula is C24H23ClN4OS. The highest BCUT2D eigenvalue weighted by molar-refractivity contribution is 7.16. The van der Waals surface area contributed by atoms with Crippen LogP contribution in [0.1, 0.15) is 39.3 Å². The molecule has 1 fully saturated rings. The quantitative estimate of drug-likeness (QED) is 0.610. The Morgan fingerprint density at radius 1 is 1.10 bits per heavy atom. The summed E-state index contributed by atoms with van der Waals surface area (Å²) in [6.45, 7) is 2.38. The molecule has 1 amide bonds. The molecule has 0 atom stereocenters. The number of halogens is 1. The second-order valence-electron chi connectivity index (χ2n) is 8.05. The topological polar surface area (TPSA) is 58.1 Å². The van der Waals surface area contributed by atoms with Crippen LogP contribution in [-0.2, 0) is 11.8 Å². The predicted molar refractivity (Wildman–Crippen MR) is 126 cm³/mol. The third-order valence-corrected chi connectivity index (χ3v) is 7.52. The van der Waals surface area contributed by atoms with Crippen molar-refractivity contribution in [2.75, 3.05) is 24.5 Å². The molecule has 1 aromatic carbocycles. The molecule has 5 rings (SSSR count). The van der Waals surface area contributed by atoms with Crippen LogP contribution in [0.4, 0.5) is 5.82 Å². The number of nitrogens with zero attached hydrogens (tertiary/aromatic N) is 3. The zero-order chi connectivity index (χ0) is 21.3. The Kier molecular flexibility index (Phi) is 5.50. The first kappa shape index (κ1) is 20.2. The molecule has 1 saturated heterocycles. The van der Waals surface area contributed by atoms with Crippen molar-refractivity contribution in [1.82, 2.24) is 15.5 Å². The lowest BCUT2D eigenvalue weighted by Crippen LogP contribution is -2.41. The Bertz CT molecular complexity index is 1120. The molecule has 0 radical (unpaired) electrons. The molecule has 0 saturated carbocycles. The van der Waals surface area contributed by atoms with E-state index in [9.17, 15) is 4.79 Å². The van der Waals surface area contributed by atoms with E-state index in [1.165, 1.54) is 22.5 Å². The summed E-state index contributed by atoms with van der Waals surface area (Å²) in [6, 6.07) is 16.2. The van der Waals surface area contributed by atoms with Crippen LogP contribution in [0.3, 0.4) is 0 Å². The average Bonchev–Trinajstić information content (AvgIpc) is 3.38. The highest BCUT2D eigenvalue weighted by Gasteiger charge is 2.38. The molecule has 7 heteroatoms. The van der Waals surface area contributed by atoms with Gasteiger partial charge >= 0.3 is 0 Å². The standard InChI is InChI=1S/C24H23ClN4OS/c25-21-7-5-18(31-21)10-14-26-23(30)20-6-8-22(28-27-20)29-15-12-24(13-16-29)11-9-17-3-1-2-4-19(17)24/h1-9,11H,10,12-16H2,(H,26,30). The third-order valence-electron chi connectivity index (χ3n) is 6.23. The van der Waals surface area contributed by atoms with Gasteiger partial charge in [0.15, 0.2) is 11.5 Å². The fourth-order valence-electron chi connectivity index (χ4n) is 4.50. The summed E-state index contributed by atoms with van der Waals surface area (Å²) in [7, 11) is 0. The number of rotatable bonds is 5. The molecule has 3 aromatic rings. The number of nitrogens with one attached hydrogen (secondary N) is 1. The number of carbonyl (C=O) groups excluding carboxylic acids is 1. The lowest BCUT2D eigenvalue weighted by Gasteiger charge is -2.39. The molecule has 5 nitrogen and oxygen atoms in total. The molecule has 0 unspecified atom stereocenters. The Balaban J connectivity index is 1.16. The van der Waals surface area contributed by atoms with E-state index < -0.39 is 0 Å². The first-order valence-corrected chi connectivity index (χ1v) is 11.7. The van der Waals surface area contributed by atoms with E-state index in [4.69, 9.17) is 11.6 Å². The van der Waals surface area contributed by atoms with Gasteiger partial charge in [-0.1, -0.05) is 48.0 Å². The van der Waals surface area contributed by atoms with Gasteiger partial charge in [-0.25, -0.2) is 0 Å². The van der Waals surface area contributed by atoms with Gasteiger partial charge in [-0.2, -0.15) is 0 Å². The van der Waals surface area contributed by atoms with E-state index in [2.05, 4.69) is 56.8 Å². The number of benzene rings is 1. The number of aromatic nitrogens is 2. The molecule has 0 bridgehead atoms. The fourth-order valence-corrected chi connectivity index (χ4v) is 5.58. The van der Waals surface area contributed by atoms with Crippen molar-refractivity contribution in [2.45, 2.75) is 24.7 Å². The van der Waals surface area contributed by atoms with Gasteiger partial charge in [-0.15, -0.1) is 21.5 Å². The van der Waals surface area contributed by atoms with Crippen molar-refractivity contribution in [3.63, 3.8) is 0 Å². The van der Waals surface area contributed by atoms with Gasteiger partial charge in [0.25, 0.3) is 5.91 Å². The van der Waals surface area contributed by atoms with Crippen LogP contribution in [0.15, 0.2) is 54.6 Å². The normalized spacial score (nSPS) is 16.5. The van der Waals surface area contributed by atoms with Crippen LogP contribution in [0.25, 0.3) is 6.08 Å². The monoisotopic (exact) mass is 450 g/mol. The van der Waals surface area contributed by atoms with Gasteiger partial charge in [0, 0.05) is 29.9 Å². The largest absolute Gasteiger partial charge is 0.355 e. The smallest absolute Gasteiger partial charge is 0.271 e. The number of thiophene rings is 1. The van der Waals surface area contributed by atoms with E-state index in [1.54, 1.807) is 6.07 Å². The van der Waals surface area contributed by atoms with Crippen LogP contribution in [-0.4, -0.2) is 35.7 Å². The SMILES string of the molecule is O=C(NCCc1ccc(Cl)s1)c1ccc(N2CCC3(C=Cc4ccccc43)CC2)nn1. The molecule has 1 aliphatic carbocycles. The minimum Gasteiger partial charge on any atom is -0.355 e. The maximum Gasteiger partial charge on any atom is 0.271 e. The van der Waals surface area contributed by atoms with Crippen LogP contribution in [0, 0.1) is 0 Å². The summed E-state index contributed by atoms with van der Waals surface area (Å²) < 4.78 is 0.763. The lowest BCUT2D eigenvalue weighted by molar-refractivity contribution is 0.0948. The number of carbonyl (C=O) groups is 1. The highest BCUT2D eigenvalue weighted by Crippen LogP contribution is 2.44. The van der Waals surface area contributed by atoms with Crippen LogP contribution >= 0.6 is 22.9 Å². The van der Waals surface area contributed by atoms with Crippen molar-refractivity contribution in [2.24, 2.45) is 0 Å². The maximum absolute atomic E-state index is 12.4. The van der Waals surface area contributed by atoms with E-state index >= 15 is 0 Å². The number of amides is 1. The van der Waals surface area contributed by atoms with Crippen LogP contribution < -0.4 is 10.2 Å². The van der Waals surface area contributed by atoms with E-state index in [0.717, 1.165) is 47.4 Å². The number of hydrogen-bond donors (Lipinski definition) is 1. The van der Waals surface area contributed by atoms with Gasteiger partial charge in [0.2, 0.25) is 0 Å². The summed E-state index contributed by atoms with van der Waals surface area (Å²) in [5, 5.41) is 11.4. The molecular weight excluding hydrogens is 428 g/mol. The van der Waals surface area contributed by atoms with Gasteiger partial charge < -0.3 is 10.2 Å². The number of allylic oxidation sites excluding steroid dienone is 1. The summed E-state index contributed by atoms with van der Waals surface area (Å²) in [5.41, 5.74) is 3.27. The number of hydrogen-bond acceptors (Lipinski definition) is 5.